The van der Waals surface area contributed by atoms with E-state index in [2.05, 4.69) is 10.4 Å². The SMILES string of the molecule is O=C(Nc1cccc(Cn2cccn2)c1)C1(O)CCSC1. The first-order valence-electron chi connectivity index (χ1n) is 6.84. The summed E-state index contributed by atoms with van der Waals surface area (Å²) in [6.45, 7) is 0.650. The molecule has 1 aromatic carbocycles. The summed E-state index contributed by atoms with van der Waals surface area (Å²) in [5, 5.41) is 17.2. The van der Waals surface area contributed by atoms with Crippen molar-refractivity contribution in [1.29, 1.82) is 0 Å². The molecule has 1 amide bonds. The summed E-state index contributed by atoms with van der Waals surface area (Å²) in [5.74, 6) is 0.971. The van der Waals surface area contributed by atoms with Crippen molar-refractivity contribution in [3.05, 3.63) is 48.3 Å². The minimum atomic E-state index is -1.23. The number of carbonyl (C=O) groups is 1. The molecule has 1 aromatic heterocycles. The van der Waals surface area contributed by atoms with Crippen LogP contribution in [0.3, 0.4) is 0 Å². The molecule has 1 atom stereocenters. The van der Waals surface area contributed by atoms with E-state index in [1.54, 1.807) is 18.0 Å². The number of benzene rings is 1. The van der Waals surface area contributed by atoms with E-state index in [4.69, 9.17) is 0 Å². The molecule has 1 unspecified atom stereocenters. The van der Waals surface area contributed by atoms with E-state index in [0.717, 1.165) is 11.3 Å². The highest BCUT2D eigenvalue weighted by atomic mass is 32.2. The van der Waals surface area contributed by atoms with Gasteiger partial charge in [0.25, 0.3) is 5.91 Å². The summed E-state index contributed by atoms with van der Waals surface area (Å²) in [7, 11) is 0. The molecule has 0 radical (unpaired) electrons. The number of rotatable bonds is 4. The van der Waals surface area contributed by atoms with Crippen LogP contribution in [0.25, 0.3) is 0 Å². The summed E-state index contributed by atoms with van der Waals surface area (Å²) in [4.78, 5) is 12.2. The van der Waals surface area contributed by atoms with Crippen LogP contribution in [0.4, 0.5) is 5.69 Å². The maximum absolute atomic E-state index is 12.2. The maximum Gasteiger partial charge on any atom is 0.257 e. The molecule has 1 aliphatic rings. The van der Waals surface area contributed by atoms with Gasteiger partial charge in [0.1, 0.15) is 0 Å². The van der Waals surface area contributed by atoms with Crippen LogP contribution in [0.15, 0.2) is 42.7 Å². The van der Waals surface area contributed by atoms with Gasteiger partial charge >= 0.3 is 0 Å². The van der Waals surface area contributed by atoms with Crippen LogP contribution in [-0.2, 0) is 11.3 Å². The highest BCUT2D eigenvalue weighted by molar-refractivity contribution is 7.99. The lowest BCUT2D eigenvalue weighted by molar-refractivity contribution is -0.131. The number of thioether (sulfide) groups is 1. The summed E-state index contributed by atoms with van der Waals surface area (Å²) in [6.07, 6.45) is 4.14. The largest absolute Gasteiger partial charge is 0.379 e. The van der Waals surface area contributed by atoms with E-state index in [1.807, 2.05) is 41.2 Å². The molecule has 21 heavy (non-hydrogen) atoms. The first-order valence-corrected chi connectivity index (χ1v) is 7.99. The molecule has 1 fully saturated rings. The average molecular weight is 303 g/mol. The number of anilines is 1. The molecule has 2 N–H and O–H groups in total. The van der Waals surface area contributed by atoms with Gasteiger partial charge in [-0.1, -0.05) is 12.1 Å². The van der Waals surface area contributed by atoms with Crippen LogP contribution in [0.1, 0.15) is 12.0 Å². The van der Waals surface area contributed by atoms with Crippen molar-refractivity contribution in [2.75, 3.05) is 16.8 Å². The third-order valence-corrected chi connectivity index (χ3v) is 4.69. The van der Waals surface area contributed by atoms with Crippen molar-refractivity contribution in [3.63, 3.8) is 0 Å². The van der Waals surface area contributed by atoms with Gasteiger partial charge in [-0.25, -0.2) is 0 Å². The van der Waals surface area contributed by atoms with Gasteiger partial charge in [-0.05, 0) is 35.9 Å². The standard InChI is InChI=1S/C15H17N3O2S/c19-14(15(20)5-8-21-11-15)17-13-4-1-3-12(9-13)10-18-7-2-6-16-18/h1-4,6-7,9,20H,5,8,10-11H2,(H,17,19). The van der Waals surface area contributed by atoms with E-state index in [0.29, 0.717) is 24.4 Å². The molecule has 0 saturated carbocycles. The smallest absolute Gasteiger partial charge is 0.257 e. The minimum Gasteiger partial charge on any atom is -0.379 e. The fraction of sp³-hybridized carbons (Fsp3) is 0.333. The molecule has 1 aliphatic heterocycles. The van der Waals surface area contributed by atoms with Crippen molar-refractivity contribution in [2.24, 2.45) is 0 Å². The summed E-state index contributed by atoms with van der Waals surface area (Å²) in [6, 6.07) is 9.49. The Bertz CT molecular complexity index is 622. The molecule has 0 aliphatic carbocycles. The Kier molecular flexibility index (Phi) is 3.98. The first kappa shape index (κ1) is 14.2. The van der Waals surface area contributed by atoms with E-state index in [9.17, 15) is 9.90 Å². The topological polar surface area (TPSA) is 67.2 Å². The zero-order valence-electron chi connectivity index (χ0n) is 11.5. The summed E-state index contributed by atoms with van der Waals surface area (Å²) >= 11 is 1.60. The van der Waals surface area contributed by atoms with E-state index in [-0.39, 0.29) is 5.91 Å². The molecule has 110 valence electrons. The van der Waals surface area contributed by atoms with Crippen molar-refractivity contribution < 1.29 is 9.90 Å². The number of amides is 1. The number of hydrogen-bond donors (Lipinski definition) is 2. The van der Waals surface area contributed by atoms with Gasteiger partial charge < -0.3 is 10.4 Å². The predicted octanol–water partition coefficient (Wildman–Crippen LogP) is 1.74. The van der Waals surface area contributed by atoms with Crippen molar-refractivity contribution in [3.8, 4) is 0 Å². The lowest BCUT2D eigenvalue weighted by Gasteiger charge is -2.20. The number of nitrogens with zero attached hydrogens (tertiary/aromatic N) is 2. The zero-order chi connectivity index (χ0) is 14.7. The fourth-order valence-electron chi connectivity index (χ4n) is 2.31. The van der Waals surface area contributed by atoms with Crippen LogP contribution in [0.5, 0.6) is 0 Å². The van der Waals surface area contributed by atoms with Gasteiger partial charge in [-0.15, -0.1) is 0 Å². The number of aliphatic hydroxyl groups is 1. The quantitative estimate of drug-likeness (QED) is 0.903. The van der Waals surface area contributed by atoms with Gasteiger partial charge in [0.2, 0.25) is 0 Å². The van der Waals surface area contributed by atoms with Crippen LogP contribution >= 0.6 is 11.8 Å². The number of nitrogens with one attached hydrogen (secondary N) is 1. The monoisotopic (exact) mass is 303 g/mol. The lowest BCUT2D eigenvalue weighted by Crippen LogP contribution is -2.42. The Hall–Kier alpha value is -1.79. The molecular weight excluding hydrogens is 286 g/mol. The van der Waals surface area contributed by atoms with E-state index < -0.39 is 5.60 Å². The molecule has 5 nitrogen and oxygen atoms in total. The van der Waals surface area contributed by atoms with Gasteiger partial charge in [0.05, 0.1) is 6.54 Å². The molecule has 6 heteroatoms. The average Bonchev–Trinajstić information content (AvgIpc) is 3.12. The fourth-order valence-corrected chi connectivity index (χ4v) is 3.55. The van der Waals surface area contributed by atoms with Crippen LogP contribution < -0.4 is 5.32 Å². The van der Waals surface area contributed by atoms with E-state index >= 15 is 0 Å². The lowest BCUT2D eigenvalue weighted by atomic mass is 10.0. The van der Waals surface area contributed by atoms with Gasteiger partial charge in [-0.3, -0.25) is 9.48 Å². The van der Waals surface area contributed by atoms with Crippen LogP contribution in [-0.4, -0.2) is 37.9 Å². The second-order valence-electron chi connectivity index (χ2n) is 5.19. The Morgan fingerprint density at radius 1 is 1.48 bits per heavy atom. The Morgan fingerprint density at radius 2 is 2.38 bits per heavy atom. The van der Waals surface area contributed by atoms with E-state index in [1.165, 1.54) is 0 Å². The molecule has 2 heterocycles. The second kappa shape index (κ2) is 5.91. The molecule has 0 spiro atoms. The van der Waals surface area contributed by atoms with Gasteiger partial charge in [-0.2, -0.15) is 16.9 Å². The zero-order valence-corrected chi connectivity index (χ0v) is 12.3. The number of aromatic nitrogens is 2. The van der Waals surface area contributed by atoms with Crippen LogP contribution in [0, 0.1) is 0 Å². The Morgan fingerprint density at radius 3 is 3.10 bits per heavy atom. The van der Waals surface area contributed by atoms with Crippen molar-refractivity contribution in [2.45, 2.75) is 18.6 Å². The first-order chi connectivity index (χ1) is 10.2. The normalized spacial score (nSPS) is 21.4. The molecule has 1 saturated heterocycles. The number of hydrogen-bond acceptors (Lipinski definition) is 4. The maximum atomic E-state index is 12.2. The molecular formula is C15H17N3O2S. The molecule has 2 aromatic rings. The highest BCUT2D eigenvalue weighted by Gasteiger charge is 2.39. The Labute approximate surface area is 127 Å². The third kappa shape index (κ3) is 3.28. The summed E-state index contributed by atoms with van der Waals surface area (Å²) in [5.41, 5.74) is 0.516. The third-order valence-electron chi connectivity index (χ3n) is 3.51. The predicted molar refractivity (Wildman–Crippen MR) is 83.3 cm³/mol. The molecule has 3 rings (SSSR count). The van der Waals surface area contributed by atoms with Crippen molar-refractivity contribution in [1.82, 2.24) is 9.78 Å². The minimum absolute atomic E-state index is 0.316. The molecule has 0 bridgehead atoms. The van der Waals surface area contributed by atoms with Gasteiger partial charge in [0, 0.05) is 23.8 Å². The summed E-state index contributed by atoms with van der Waals surface area (Å²) < 4.78 is 1.82. The highest BCUT2D eigenvalue weighted by Crippen LogP contribution is 2.29. The van der Waals surface area contributed by atoms with Gasteiger partial charge in [0.15, 0.2) is 5.60 Å². The Balaban J connectivity index is 1.69. The van der Waals surface area contributed by atoms with Crippen LogP contribution in [0.2, 0.25) is 0 Å². The number of carbonyl (C=O) groups excluding carboxylic acids is 1. The van der Waals surface area contributed by atoms with Crippen molar-refractivity contribution >= 4 is 23.4 Å². The second-order valence-corrected chi connectivity index (χ2v) is 6.30.